The van der Waals surface area contributed by atoms with Crippen LogP contribution in [-0.2, 0) is 4.74 Å². The van der Waals surface area contributed by atoms with Crippen LogP contribution in [0, 0.1) is 0 Å². The number of carbonyl (C=O) groups excluding carboxylic acids is 2. The summed E-state index contributed by atoms with van der Waals surface area (Å²) in [6.45, 7) is 5.20. The van der Waals surface area contributed by atoms with Gasteiger partial charge in [-0.15, -0.1) is 0 Å². The van der Waals surface area contributed by atoms with Crippen LogP contribution >= 0.6 is 0 Å². The monoisotopic (exact) mass is 428 g/mol. The molecule has 0 atom stereocenters. The van der Waals surface area contributed by atoms with Gasteiger partial charge in [0.05, 0.1) is 45.2 Å². The molecule has 3 rings (SSSR count). The number of benzene rings is 2. The normalized spacial score (nSPS) is 14.0. The fraction of sp³-hybridized carbons (Fsp3) is 0.391. The second-order valence-corrected chi connectivity index (χ2v) is 7.32. The predicted molar refractivity (Wildman–Crippen MR) is 117 cm³/mol. The molecule has 3 N–H and O–H groups in total. The zero-order valence-corrected chi connectivity index (χ0v) is 18.0. The highest BCUT2D eigenvalue weighted by molar-refractivity contribution is 6.09. The van der Waals surface area contributed by atoms with Crippen molar-refractivity contribution in [3.8, 4) is 11.5 Å². The molecule has 0 spiro atoms. The van der Waals surface area contributed by atoms with Crippen molar-refractivity contribution < 1.29 is 28.7 Å². The van der Waals surface area contributed by atoms with Crippen LogP contribution in [0.4, 0.5) is 5.69 Å². The van der Waals surface area contributed by atoms with Crippen LogP contribution in [0.15, 0.2) is 42.5 Å². The number of ether oxygens (including phenoxy) is 3. The van der Waals surface area contributed by atoms with E-state index in [4.69, 9.17) is 14.2 Å². The standard InChI is InChI=1S/C23H29N3O5/c1-29-18-14-17(15-19(16-18)30-2)22(27)25-21-7-4-3-6-20(21)23(28)24-8-5-9-26-10-12-31-13-11-26/h3-4,6-7,14-16H,5,8-13H2,1-2H3,(H,24,28)(H,25,27)/p+1. The highest BCUT2D eigenvalue weighted by Gasteiger charge is 2.16. The fourth-order valence-corrected chi connectivity index (χ4v) is 3.47. The van der Waals surface area contributed by atoms with Crippen molar-refractivity contribution in [1.29, 1.82) is 0 Å². The van der Waals surface area contributed by atoms with Gasteiger partial charge in [0.2, 0.25) is 0 Å². The lowest BCUT2D eigenvalue weighted by atomic mass is 10.1. The molecule has 8 nitrogen and oxygen atoms in total. The van der Waals surface area contributed by atoms with Crippen molar-refractivity contribution >= 4 is 17.5 Å². The van der Waals surface area contributed by atoms with E-state index in [2.05, 4.69) is 10.6 Å². The fourth-order valence-electron chi connectivity index (χ4n) is 3.47. The van der Waals surface area contributed by atoms with Gasteiger partial charge in [0.15, 0.2) is 0 Å². The highest BCUT2D eigenvalue weighted by atomic mass is 16.5. The van der Waals surface area contributed by atoms with E-state index in [-0.39, 0.29) is 11.8 Å². The van der Waals surface area contributed by atoms with Crippen LogP contribution in [0.5, 0.6) is 11.5 Å². The molecule has 1 aliphatic heterocycles. The Hall–Kier alpha value is -3.10. The maximum absolute atomic E-state index is 12.8. The number of carbonyl (C=O) groups is 2. The molecule has 0 aliphatic carbocycles. The maximum Gasteiger partial charge on any atom is 0.255 e. The van der Waals surface area contributed by atoms with Crippen molar-refractivity contribution in [3.63, 3.8) is 0 Å². The minimum absolute atomic E-state index is 0.212. The van der Waals surface area contributed by atoms with Crippen LogP contribution < -0.4 is 25.0 Å². The third-order valence-corrected chi connectivity index (χ3v) is 5.23. The number of hydrogen-bond acceptors (Lipinski definition) is 5. The van der Waals surface area contributed by atoms with Crippen molar-refractivity contribution in [3.05, 3.63) is 53.6 Å². The highest BCUT2D eigenvalue weighted by Crippen LogP contribution is 2.24. The van der Waals surface area contributed by atoms with Crippen LogP contribution in [0.2, 0.25) is 0 Å². The van der Waals surface area contributed by atoms with E-state index >= 15 is 0 Å². The molecule has 0 bridgehead atoms. The minimum atomic E-state index is -0.353. The van der Waals surface area contributed by atoms with Gasteiger partial charge in [-0.05, 0) is 24.3 Å². The van der Waals surface area contributed by atoms with Crippen molar-refractivity contribution in [1.82, 2.24) is 5.32 Å². The number of para-hydroxylation sites is 1. The minimum Gasteiger partial charge on any atom is -0.497 e. The van der Waals surface area contributed by atoms with Gasteiger partial charge in [-0.1, -0.05) is 12.1 Å². The third-order valence-electron chi connectivity index (χ3n) is 5.23. The molecule has 2 aromatic carbocycles. The Morgan fingerprint density at radius 3 is 2.35 bits per heavy atom. The molecule has 0 aromatic heterocycles. The van der Waals surface area contributed by atoms with Crippen LogP contribution in [0.3, 0.4) is 0 Å². The molecule has 1 aliphatic rings. The van der Waals surface area contributed by atoms with Crippen LogP contribution in [-0.4, -0.2) is 65.4 Å². The number of rotatable bonds is 9. The molecule has 166 valence electrons. The van der Waals surface area contributed by atoms with Gasteiger partial charge in [-0.3, -0.25) is 9.59 Å². The SMILES string of the molecule is COc1cc(OC)cc(C(=O)Nc2ccccc2C(=O)NCCC[NH+]2CCOCC2)c1. The average molecular weight is 429 g/mol. The van der Waals surface area contributed by atoms with E-state index in [1.165, 1.54) is 19.1 Å². The van der Waals surface area contributed by atoms with Gasteiger partial charge in [-0.2, -0.15) is 0 Å². The quantitative estimate of drug-likeness (QED) is 0.519. The summed E-state index contributed by atoms with van der Waals surface area (Å²) in [7, 11) is 3.05. The van der Waals surface area contributed by atoms with Gasteiger partial charge < -0.3 is 29.7 Å². The molecular formula is C23H30N3O5+. The summed E-state index contributed by atoms with van der Waals surface area (Å²) in [6, 6.07) is 11.9. The van der Waals surface area contributed by atoms with Gasteiger partial charge in [0.25, 0.3) is 11.8 Å². The maximum atomic E-state index is 12.8. The number of morpholine rings is 1. The first kappa shape index (κ1) is 22.6. The third kappa shape index (κ3) is 6.44. The Balaban J connectivity index is 1.60. The Morgan fingerprint density at radius 2 is 1.68 bits per heavy atom. The van der Waals surface area contributed by atoms with Crippen molar-refractivity contribution in [2.45, 2.75) is 6.42 Å². The first-order valence-electron chi connectivity index (χ1n) is 10.4. The van der Waals surface area contributed by atoms with Crippen molar-refractivity contribution in [2.75, 3.05) is 58.9 Å². The summed E-state index contributed by atoms with van der Waals surface area (Å²) in [4.78, 5) is 27.0. The van der Waals surface area contributed by atoms with Crippen molar-refractivity contribution in [2.24, 2.45) is 0 Å². The summed E-state index contributed by atoms with van der Waals surface area (Å²) < 4.78 is 15.8. The average Bonchev–Trinajstić information content (AvgIpc) is 2.82. The Morgan fingerprint density at radius 1 is 1.00 bits per heavy atom. The van der Waals surface area contributed by atoms with E-state index in [1.807, 2.05) is 0 Å². The predicted octanol–water partition coefficient (Wildman–Crippen LogP) is 0.991. The number of methoxy groups -OCH3 is 2. The largest absolute Gasteiger partial charge is 0.497 e. The molecule has 1 fully saturated rings. The lowest BCUT2D eigenvalue weighted by Crippen LogP contribution is -3.14. The second-order valence-electron chi connectivity index (χ2n) is 7.32. The smallest absolute Gasteiger partial charge is 0.255 e. The van der Waals surface area contributed by atoms with Crippen LogP contribution in [0.1, 0.15) is 27.1 Å². The molecule has 0 unspecified atom stereocenters. The van der Waals surface area contributed by atoms with E-state index in [9.17, 15) is 9.59 Å². The molecule has 1 saturated heterocycles. The van der Waals surface area contributed by atoms with Gasteiger partial charge in [-0.25, -0.2) is 0 Å². The summed E-state index contributed by atoms with van der Waals surface area (Å²) >= 11 is 0. The zero-order valence-electron chi connectivity index (χ0n) is 18.0. The van der Waals surface area contributed by atoms with Gasteiger partial charge in [0, 0.05) is 24.6 Å². The number of hydrogen-bond donors (Lipinski definition) is 3. The molecule has 8 heteroatoms. The Kier molecular flexibility index (Phi) is 8.26. The first-order chi connectivity index (χ1) is 15.1. The van der Waals surface area contributed by atoms with Gasteiger partial charge >= 0.3 is 0 Å². The lowest BCUT2D eigenvalue weighted by Gasteiger charge is -2.23. The zero-order chi connectivity index (χ0) is 22.1. The Labute approximate surface area is 182 Å². The molecule has 0 saturated carbocycles. The topological polar surface area (TPSA) is 90.3 Å². The molecule has 1 heterocycles. The summed E-state index contributed by atoms with van der Waals surface area (Å²) in [5.41, 5.74) is 1.25. The molecule has 31 heavy (non-hydrogen) atoms. The summed E-state index contributed by atoms with van der Waals surface area (Å²) in [5, 5.41) is 5.78. The molecule has 2 amide bonds. The first-order valence-corrected chi connectivity index (χ1v) is 10.4. The number of anilines is 1. The summed E-state index contributed by atoms with van der Waals surface area (Å²) in [5.74, 6) is 0.459. The van der Waals surface area contributed by atoms with Gasteiger partial charge in [0.1, 0.15) is 24.6 Å². The number of amides is 2. The van der Waals surface area contributed by atoms with Crippen LogP contribution in [0.25, 0.3) is 0 Å². The molecular weight excluding hydrogens is 398 g/mol. The van der Waals surface area contributed by atoms with E-state index < -0.39 is 0 Å². The second kappa shape index (κ2) is 11.3. The molecule has 0 radical (unpaired) electrons. The summed E-state index contributed by atoms with van der Waals surface area (Å²) in [6.07, 6.45) is 0.888. The van der Waals surface area contributed by atoms with E-state index in [1.54, 1.807) is 42.5 Å². The lowest BCUT2D eigenvalue weighted by molar-refractivity contribution is -0.908. The van der Waals surface area contributed by atoms with E-state index in [0.29, 0.717) is 34.9 Å². The molecule has 2 aromatic rings. The Bertz CT molecular complexity index is 874. The van der Waals surface area contributed by atoms with E-state index in [0.717, 1.165) is 39.3 Å². The number of nitrogens with one attached hydrogen (secondary N) is 3. The number of quaternary nitrogens is 1.